The Kier molecular flexibility index (Phi) is 6.08. The van der Waals surface area contributed by atoms with Crippen LogP contribution in [0.3, 0.4) is 0 Å². The normalized spacial score (nSPS) is 12.3. The summed E-state index contributed by atoms with van der Waals surface area (Å²) < 4.78 is 2.96. The number of nitrogens with zero attached hydrogens (tertiary/aromatic N) is 5. The van der Waals surface area contributed by atoms with Crippen LogP contribution in [0.4, 0.5) is 0 Å². The first-order valence-corrected chi connectivity index (χ1v) is 11.5. The van der Waals surface area contributed by atoms with Gasteiger partial charge in [0, 0.05) is 12.1 Å². The molecule has 0 radical (unpaired) electrons. The van der Waals surface area contributed by atoms with Crippen LogP contribution in [-0.4, -0.2) is 43.4 Å². The summed E-state index contributed by atoms with van der Waals surface area (Å²) in [5.74, 6) is 0.257. The fourth-order valence-electron chi connectivity index (χ4n) is 2.91. The minimum absolute atomic E-state index is 0.00300. The second-order valence-electron chi connectivity index (χ2n) is 6.91. The van der Waals surface area contributed by atoms with E-state index in [0.717, 1.165) is 26.5 Å². The lowest BCUT2D eigenvalue weighted by molar-refractivity contribution is -0.128. The molecule has 4 rings (SSSR count). The van der Waals surface area contributed by atoms with Crippen molar-refractivity contribution in [1.82, 2.24) is 24.6 Å². The van der Waals surface area contributed by atoms with Crippen molar-refractivity contribution < 1.29 is 4.79 Å². The average molecular weight is 458 g/mol. The van der Waals surface area contributed by atoms with Gasteiger partial charge in [0.15, 0.2) is 5.16 Å². The number of benzene rings is 2. The number of fused-ring (bicyclic) bond motifs is 1. The molecule has 2 aromatic heterocycles. The number of hydrogen-bond donors (Lipinski definition) is 0. The highest BCUT2D eigenvalue weighted by Crippen LogP contribution is 2.30. The fourth-order valence-corrected chi connectivity index (χ4v) is 5.00. The molecule has 0 saturated heterocycles. The molecule has 0 saturated carbocycles. The van der Waals surface area contributed by atoms with Crippen molar-refractivity contribution in [1.29, 1.82) is 0 Å². The van der Waals surface area contributed by atoms with Crippen molar-refractivity contribution >= 4 is 50.8 Å². The van der Waals surface area contributed by atoms with Crippen LogP contribution in [0.25, 0.3) is 15.9 Å². The third-order valence-corrected chi connectivity index (χ3v) is 7.46. The van der Waals surface area contributed by atoms with Gasteiger partial charge in [-0.25, -0.2) is 4.98 Å². The maximum atomic E-state index is 12.8. The van der Waals surface area contributed by atoms with Crippen LogP contribution in [-0.2, 0) is 4.79 Å². The summed E-state index contributed by atoms with van der Waals surface area (Å²) in [7, 11) is 1.81. The number of amides is 1. The van der Waals surface area contributed by atoms with Gasteiger partial charge in [0.05, 0.1) is 27.7 Å². The number of carbonyl (C=O) groups excluding carboxylic acids is 1. The van der Waals surface area contributed by atoms with Gasteiger partial charge < -0.3 is 4.90 Å². The van der Waals surface area contributed by atoms with Crippen molar-refractivity contribution in [2.24, 2.45) is 0 Å². The fraction of sp³-hybridized carbons (Fsp3) is 0.238. The van der Waals surface area contributed by atoms with Crippen molar-refractivity contribution in [3.8, 4) is 5.69 Å². The minimum Gasteiger partial charge on any atom is -0.336 e. The molecule has 9 heteroatoms. The molecule has 30 heavy (non-hydrogen) atoms. The predicted octanol–water partition coefficient (Wildman–Crippen LogP) is 5.15. The number of aryl methyl sites for hydroxylation is 1. The second-order valence-corrected chi connectivity index (χ2v) is 9.32. The van der Waals surface area contributed by atoms with Crippen LogP contribution in [0.5, 0.6) is 0 Å². The van der Waals surface area contributed by atoms with E-state index in [1.165, 1.54) is 11.8 Å². The Morgan fingerprint density at radius 3 is 2.87 bits per heavy atom. The first-order valence-electron chi connectivity index (χ1n) is 9.34. The predicted molar refractivity (Wildman–Crippen MR) is 123 cm³/mol. The SMILES string of the molecule is Cc1ccc(-n2cnnc2SCC(=O)N(C)C(C)c2nc3ccccc3s2)cc1Cl. The lowest BCUT2D eigenvalue weighted by Crippen LogP contribution is -2.31. The van der Waals surface area contributed by atoms with Crippen LogP contribution < -0.4 is 0 Å². The number of carbonyl (C=O) groups is 1. The Morgan fingerprint density at radius 2 is 2.10 bits per heavy atom. The molecule has 0 fully saturated rings. The topological polar surface area (TPSA) is 63.9 Å². The Balaban J connectivity index is 1.44. The van der Waals surface area contributed by atoms with E-state index in [-0.39, 0.29) is 17.7 Å². The second kappa shape index (κ2) is 8.75. The molecular weight excluding hydrogens is 438 g/mol. The van der Waals surface area contributed by atoms with Crippen molar-refractivity contribution in [3.63, 3.8) is 0 Å². The van der Waals surface area contributed by atoms with Gasteiger partial charge in [-0.3, -0.25) is 9.36 Å². The monoisotopic (exact) mass is 457 g/mol. The molecule has 1 amide bonds. The molecule has 0 aliphatic heterocycles. The number of halogens is 1. The molecule has 0 spiro atoms. The summed E-state index contributed by atoms with van der Waals surface area (Å²) in [6.45, 7) is 3.95. The Hall–Kier alpha value is -2.42. The van der Waals surface area contributed by atoms with E-state index in [1.54, 1.807) is 22.6 Å². The summed E-state index contributed by atoms with van der Waals surface area (Å²) in [4.78, 5) is 19.2. The Bertz CT molecular complexity index is 1170. The first kappa shape index (κ1) is 20.8. The lowest BCUT2D eigenvalue weighted by atomic mass is 10.2. The van der Waals surface area contributed by atoms with Gasteiger partial charge in [-0.15, -0.1) is 21.5 Å². The molecule has 2 heterocycles. The zero-order chi connectivity index (χ0) is 21.3. The van der Waals surface area contributed by atoms with Crippen LogP contribution in [0.15, 0.2) is 53.9 Å². The maximum absolute atomic E-state index is 12.8. The summed E-state index contributed by atoms with van der Waals surface area (Å²) in [5, 5.41) is 10.4. The van der Waals surface area contributed by atoms with Crippen molar-refractivity contribution in [2.75, 3.05) is 12.8 Å². The molecule has 0 aliphatic carbocycles. The molecule has 154 valence electrons. The number of thiazole rings is 1. The highest BCUT2D eigenvalue weighted by molar-refractivity contribution is 7.99. The standard InChI is InChI=1S/C21H20ClN5OS2/c1-13-8-9-15(10-16(13)22)27-12-23-25-21(27)29-11-19(28)26(3)14(2)20-24-17-6-4-5-7-18(17)30-20/h4-10,12,14H,11H2,1-3H3. The number of aromatic nitrogens is 4. The van der Waals surface area contributed by atoms with Crippen molar-refractivity contribution in [2.45, 2.75) is 25.0 Å². The van der Waals surface area contributed by atoms with E-state index in [2.05, 4.69) is 15.2 Å². The molecule has 6 nitrogen and oxygen atoms in total. The summed E-state index contributed by atoms with van der Waals surface area (Å²) in [6.07, 6.45) is 1.63. The van der Waals surface area contributed by atoms with Crippen LogP contribution in [0, 0.1) is 6.92 Å². The van der Waals surface area contributed by atoms with Crippen molar-refractivity contribution in [3.05, 3.63) is 64.4 Å². The van der Waals surface area contributed by atoms with E-state index >= 15 is 0 Å². The van der Waals surface area contributed by atoms with Gasteiger partial charge in [-0.05, 0) is 43.7 Å². The van der Waals surface area contributed by atoms with E-state index in [4.69, 9.17) is 11.6 Å². The molecule has 1 unspecified atom stereocenters. The zero-order valence-electron chi connectivity index (χ0n) is 16.7. The van der Waals surface area contributed by atoms with Gasteiger partial charge in [-0.1, -0.05) is 41.6 Å². The maximum Gasteiger partial charge on any atom is 0.233 e. The smallest absolute Gasteiger partial charge is 0.233 e. The van der Waals surface area contributed by atoms with Crippen LogP contribution in [0.1, 0.15) is 23.5 Å². The average Bonchev–Trinajstić information content (AvgIpc) is 3.39. The molecule has 4 aromatic rings. The molecule has 0 N–H and O–H groups in total. The number of thioether (sulfide) groups is 1. The quantitative estimate of drug-likeness (QED) is 0.374. The summed E-state index contributed by atoms with van der Waals surface area (Å²) in [5.41, 5.74) is 2.83. The van der Waals surface area contributed by atoms with Gasteiger partial charge in [0.2, 0.25) is 5.91 Å². The minimum atomic E-state index is -0.107. The largest absolute Gasteiger partial charge is 0.336 e. The number of rotatable bonds is 6. The third kappa shape index (κ3) is 4.21. The van der Waals surface area contributed by atoms with E-state index < -0.39 is 0 Å². The molecule has 2 aromatic carbocycles. The zero-order valence-corrected chi connectivity index (χ0v) is 19.1. The van der Waals surface area contributed by atoms with E-state index in [0.29, 0.717) is 10.2 Å². The number of para-hydroxylation sites is 1. The molecule has 0 bridgehead atoms. The van der Waals surface area contributed by atoms with Crippen LogP contribution in [0.2, 0.25) is 5.02 Å². The summed E-state index contributed by atoms with van der Waals surface area (Å²) in [6, 6.07) is 13.7. The Morgan fingerprint density at radius 1 is 1.30 bits per heavy atom. The highest BCUT2D eigenvalue weighted by atomic mass is 35.5. The summed E-state index contributed by atoms with van der Waals surface area (Å²) >= 11 is 9.22. The van der Waals surface area contributed by atoms with E-state index in [1.807, 2.05) is 67.9 Å². The Labute approximate surface area is 187 Å². The van der Waals surface area contributed by atoms with Gasteiger partial charge >= 0.3 is 0 Å². The van der Waals surface area contributed by atoms with E-state index in [9.17, 15) is 4.79 Å². The first-order chi connectivity index (χ1) is 14.4. The number of hydrogen-bond acceptors (Lipinski definition) is 6. The van der Waals surface area contributed by atoms with Gasteiger partial charge in [0.1, 0.15) is 11.3 Å². The highest BCUT2D eigenvalue weighted by Gasteiger charge is 2.21. The van der Waals surface area contributed by atoms with Gasteiger partial charge in [0.25, 0.3) is 0 Å². The molecule has 0 aliphatic rings. The van der Waals surface area contributed by atoms with Crippen LogP contribution >= 0.6 is 34.7 Å². The molecular formula is C21H20ClN5OS2. The lowest BCUT2D eigenvalue weighted by Gasteiger charge is -2.23. The van der Waals surface area contributed by atoms with Gasteiger partial charge in [-0.2, -0.15) is 0 Å². The molecule has 1 atom stereocenters. The third-order valence-electron chi connectivity index (χ3n) is 4.92.